The predicted molar refractivity (Wildman–Crippen MR) is 143 cm³/mol. The Bertz CT molecular complexity index is 1270. The number of thioether (sulfide) groups is 1. The molecule has 3 heterocycles. The monoisotopic (exact) mass is 521 g/mol. The summed E-state index contributed by atoms with van der Waals surface area (Å²) in [5.74, 6) is 1.54. The highest BCUT2D eigenvalue weighted by molar-refractivity contribution is 8.18. The summed E-state index contributed by atoms with van der Waals surface area (Å²) >= 11 is 2.54. The van der Waals surface area contributed by atoms with Gasteiger partial charge in [0, 0.05) is 17.5 Å². The molecule has 2 aliphatic rings. The Hall–Kier alpha value is -2.84. The Kier molecular flexibility index (Phi) is 7.92. The van der Waals surface area contributed by atoms with Crippen molar-refractivity contribution in [3.05, 3.63) is 75.8 Å². The Balaban J connectivity index is 1.08. The van der Waals surface area contributed by atoms with Crippen molar-refractivity contribution in [1.82, 2.24) is 15.3 Å². The first kappa shape index (κ1) is 24.8. The summed E-state index contributed by atoms with van der Waals surface area (Å²) in [6.45, 7) is 0. The number of nitrogens with one attached hydrogen (secondary N) is 1. The number of nitrogens with zero attached hydrogens (tertiary/aromatic N) is 2. The molecule has 3 aromatic rings. The Morgan fingerprint density at radius 1 is 1.08 bits per heavy atom. The van der Waals surface area contributed by atoms with Crippen molar-refractivity contribution in [1.29, 1.82) is 0 Å². The van der Waals surface area contributed by atoms with Crippen molar-refractivity contribution >= 4 is 40.3 Å². The summed E-state index contributed by atoms with van der Waals surface area (Å²) < 4.78 is 14.1. The van der Waals surface area contributed by atoms with Gasteiger partial charge in [-0.15, -0.1) is 11.3 Å². The number of hydrogen-bond acceptors (Lipinski definition) is 6. The van der Waals surface area contributed by atoms with Gasteiger partial charge in [-0.2, -0.15) is 0 Å². The second kappa shape index (κ2) is 11.5. The average Bonchev–Trinajstić information content (AvgIpc) is 3.50. The summed E-state index contributed by atoms with van der Waals surface area (Å²) in [5.41, 5.74) is 2.71. The number of hydrogen-bond donors (Lipinski definition) is 1. The highest BCUT2D eigenvalue weighted by Gasteiger charge is 2.25. The van der Waals surface area contributed by atoms with Gasteiger partial charge in [0.1, 0.15) is 11.6 Å². The van der Waals surface area contributed by atoms with Crippen molar-refractivity contribution in [3.8, 4) is 10.4 Å². The lowest BCUT2D eigenvalue weighted by molar-refractivity contribution is -0.115. The molecule has 1 aliphatic heterocycles. The second-order valence-electron chi connectivity index (χ2n) is 9.56. The van der Waals surface area contributed by atoms with Crippen LogP contribution in [0, 0.1) is 17.7 Å². The summed E-state index contributed by atoms with van der Waals surface area (Å²) in [6.07, 6.45) is 12.1. The third-order valence-corrected chi connectivity index (χ3v) is 8.66. The van der Waals surface area contributed by atoms with E-state index in [4.69, 9.17) is 0 Å². The van der Waals surface area contributed by atoms with E-state index >= 15 is 0 Å². The molecule has 36 heavy (non-hydrogen) atoms. The van der Waals surface area contributed by atoms with Crippen LogP contribution in [0.4, 0.5) is 9.18 Å². The normalized spacial score (nSPS) is 21.2. The summed E-state index contributed by atoms with van der Waals surface area (Å²) in [4.78, 5) is 33.6. The van der Waals surface area contributed by atoms with Gasteiger partial charge in [-0.05, 0) is 96.1 Å². The number of thiophene rings is 1. The summed E-state index contributed by atoms with van der Waals surface area (Å²) in [7, 11) is 0. The van der Waals surface area contributed by atoms with Gasteiger partial charge in [0.15, 0.2) is 0 Å². The number of amides is 2. The number of rotatable bonds is 8. The number of aryl methyl sites for hydroxylation is 1. The predicted octanol–water partition coefficient (Wildman–Crippen LogP) is 7.04. The lowest BCUT2D eigenvalue weighted by Crippen LogP contribution is -2.18. The minimum absolute atomic E-state index is 0.155. The summed E-state index contributed by atoms with van der Waals surface area (Å²) in [6, 6.07) is 11.2. The molecule has 1 saturated carbocycles. The van der Waals surface area contributed by atoms with Crippen molar-refractivity contribution in [3.63, 3.8) is 0 Å². The van der Waals surface area contributed by atoms with Crippen LogP contribution in [0.1, 0.15) is 55.6 Å². The van der Waals surface area contributed by atoms with Crippen molar-refractivity contribution in [2.24, 2.45) is 11.8 Å². The Morgan fingerprint density at radius 2 is 1.92 bits per heavy atom. The van der Waals surface area contributed by atoms with Crippen LogP contribution in [-0.2, 0) is 17.6 Å². The van der Waals surface area contributed by atoms with E-state index in [1.807, 2.05) is 17.5 Å². The molecular formula is C28H28FN3O2S2. The van der Waals surface area contributed by atoms with Gasteiger partial charge in [-0.1, -0.05) is 31.4 Å². The van der Waals surface area contributed by atoms with E-state index in [-0.39, 0.29) is 17.0 Å². The lowest BCUT2D eigenvalue weighted by Gasteiger charge is -2.28. The van der Waals surface area contributed by atoms with Gasteiger partial charge in [0.05, 0.1) is 10.6 Å². The Labute approximate surface area is 218 Å². The third kappa shape index (κ3) is 6.48. The molecule has 0 bridgehead atoms. The van der Waals surface area contributed by atoms with Crippen molar-refractivity contribution < 1.29 is 14.0 Å². The zero-order valence-electron chi connectivity index (χ0n) is 19.9. The number of carbonyl (C=O) groups excluding carboxylic acids is 2. The van der Waals surface area contributed by atoms with Crippen molar-refractivity contribution in [2.75, 3.05) is 0 Å². The molecule has 2 fully saturated rings. The number of benzene rings is 1. The van der Waals surface area contributed by atoms with E-state index in [0.29, 0.717) is 16.5 Å². The van der Waals surface area contributed by atoms with Crippen LogP contribution in [0.5, 0.6) is 0 Å². The molecular weight excluding hydrogens is 493 g/mol. The molecule has 0 atom stereocenters. The molecule has 5 rings (SSSR count). The molecule has 2 aromatic heterocycles. The average molecular weight is 522 g/mol. The Morgan fingerprint density at radius 3 is 2.67 bits per heavy atom. The van der Waals surface area contributed by atoms with E-state index < -0.39 is 0 Å². The van der Waals surface area contributed by atoms with Gasteiger partial charge in [-0.3, -0.25) is 14.9 Å². The molecule has 1 aliphatic carbocycles. The molecule has 1 saturated heterocycles. The fourth-order valence-electron chi connectivity index (χ4n) is 5.11. The molecule has 0 radical (unpaired) electrons. The molecule has 1 N–H and O–H groups in total. The number of carbonyl (C=O) groups is 2. The van der Waals surface area contributed by atoms with E-state index in [1.54, 1.807) is 41.8 Å². The van der Waals surface area contributed by atoms with Crippen LogP contribution in [-0.4, -0.2) is 21.1 Å². The molecule has 5 nitrogen and oxygen atoms in total. The highest BCUT2D eigenvalue weighted by atomic mass is 32.2. The molecule has 1 aromatic carbocycles. The standard InChI is InChI=1S/C28H28FN3O2S2/c29-22-14-20(13-21(16-22)24-5-2-12-35-24)4-1-3-18-6-8-19(9-7-18)15-26-30-11-10-23(31-26)17-25-27(33)32-28(34)36-25/h2,5,10-14,16-19H,1,3-4,6-9,15H2,(H,32,33,34)/b25-17-. The topological polar surface area (TPSA) is 72.0 Å². The van der Waals surface area contributed by atoms with Crippen LogP contribution >= 0.6 is 23.1 Å². The minimum atomic E-state index is -0.371. The van der Waals surface area contributed by atoms with E-state index in [1.165, 1.54) is 19.3 Å². The molecule has 8 heteroatoms. The van der Waals surface area contributed by atoms with Gasteiger partial charge >= 0.3 is 0 Å². The molecule has 0 spiro atoms. The van der Waals surface area contributed by atoms with Crippen LogP contribution < -0.4 is 5.32 Å². The van der Waals surface area contributed by atoms with E-state index in [0.717, 1.165) is 71.6 Å². The first-order valence-corrected chi connectivity index (χ1v) is 14.1. The maximum atomic E-state index is 14.1. The maximum absolute atomic E-state index is 14.1. The zero-order chi connectivity index (χ0) is 24.9. The number of halogens is 1. The zero-order valence-corrected chi connectivity index (χ0v) is 21.5. The first-order valence-electron chi connectivity index (χ1n) is 12.4. The third-order valence-electron chi connectivity index (χ3n) is 6.93. The van der Waals surface area contributed by atoms with Crippen LogP contribution in [0.25, 0.3) is 16.5 Å². The van der Waals surface area contributed by atoms with Gasteiger partial charge in [-0.25, -0.2) is 14.4 Å². The first-order chi connectivity index (χ1) is 17.5. The highest BCUT2D eigenvalue weighted by Crippen LogP contribution is 2.34. The fraction of sp³-hybridized carbons (Fsp3) is 0.357. The second-order valence-corrected chi connectivity index (χ2v) is 11.5. The van der Waals surface area contributed by atoms with E-state index in [9.17, 15) is 14.0 Å². The van der Waals surface area contributed by atoms with E-state index in [2.05, 4.69) is 21.4 Å². The smallest absolute Gasteiger partial charge is 0.282 e. The van der Waals surface area contributed by atoms with Crippen molar-refractivity contribution in [2.45, 2.75) is 51.4 Å². The lowest BCUT2D eigenvalue weighted by atomic mass is 9.78. The maximum Gasteiger partial charge on any atom is 0.290 e. The number of imide groups is 1. The molecule has 0 unspecified atom stereocenters. The van der Waals surface area contributed by atoms with Gasteiger partial charge in [0.2, 0.25) is 0 Å². The van der Waals surface area contributed by atoms with Crippen LogP contribution in [0.15, 0.2) is 52.9 Å². The minimum Gasteiger partial charge on any atom is -0.282 e. The van der Waals surface area contributed by atoms with Crippen LogP contribution in [0.3, 0.4) is 0 Å². The van der Waals surface area contributed by atoms with Crippen LogP contribution in [0.2, 0.25) is 0 Å². The number of aromatic nitrogens is 2. The quantitative estimate of drug-likeness (QED) is 0.322. The molecule has 2 amide bonds. The summed E-state index contributed by atoms with van der Waals surface area (Å²) in [5, 5.41) is 3.94. The largest absolute Gasteiger partial charge is 0.290 e. The SMILES string of the molecule is O=C1NC(=O)/C(=C/c2ccnc(CC3CCC(CCCc4cc(F)cc(-c5cccs5)c4)CC3)n2)S1. The van der Waals surface area contributed by atoms with Gasteiger partial charge in [0.25, 0.3) is 11.1 Å². The molecule has 186 valence electrons. The van der Waals surface area contributed by atoms with Gasteiger partial charge < -0.3 is 0 Å². The fourth-order valence-corrected chi connectivity index (χ4v) is 6.49.